The normalized spacial score (nSPS) is 21.1. The van der Waals surface area contributed by atoms with Crippen LogP contribution in [0.4, 0.5) is 0 Å². The van der Waals surface area contributed by atoms with E-state index in [0.717, 1.165) is 19.6 Å². The first-order valence-corrected chi connectivity index (χ1v) is 9.06. The third-order valence-electron chi connectivity index (χ3n) is 5.56. The van der Waals surface area contributed by atoms with Crippen molar-refractivity contribution in [3.05, 3.63) is 0 Å². The molecule has 1 aliphatic heterocycles. The summed E-state index contributed by atoms with van der Waals surface area (Å²) >= 11 is 0. The molecule has 2 aliphatic rings. The van der Waals surface area contributed by atoms with Crippen molar-refractivity contribution in [3.63, 3.8) is 0 Å². The van der Waals surface area contributed by atoms with Gasteiger partial charge in [-0.1, -0.05) is 19.3 Å². The molecule has 0 unspecified atom stereocenters. The highest BCUT2D eigenvalue weighted by Gasteiger charge is 2.40. The first-order valence-electron chi connectivity index (χ1n) is 9.06. The molecule has 0 aromatic heterocycles. The van der Waals surface area contributed by atoms with E-state index in [2.05, 4.69) is 29.0 Å². The van der Waals surface area contributed by atoms with Gasteiger partial charge in [0.05, 0.1) is 31.5 Å². The minimum Gasteiger partial charge on any atom is -0.340 e. The van der Waals surface area contributed by atoms with E-state index in [1.807, 2.05) is 0 Å². The molecule has 1 saturated carbocycles. The molecule has 24 heavy (non-hydrogen) atoms. The zero-order valence-electron chi connectivity index (χ0n) is 14.8. The largest absolute Gasteiger partial charge is 0.340 e. The molecule has 0 bridgehead atoms. The van der Waals surface area contributed by atoms with E-state index < -0.39 is 0 Å². The Balaban J connectivity index is 1.94. The van der Waals surface area contributed by atoms with Gasteiger partial charge in [0.15, 0.2) is 0 Å². The highest BCUT2D eigenvalue weighted by Crippen LogP contribution is 2.35. The van der Waals surface area contributed by atoms with Crippen molar-refractivity contribution >= 4 is 5.91 Å². The van der Waals surface area contributed by atoms with Gasteiger partial charge in [-0.2, -0.15) is 10.5 Å². The predicted octanol–water partition coefficient (Wildman–Crippen LogP) is 1.59. The molecule has 6 heteroatoms. The molecule has 0 radical (unpaired) electrons. The van der Waals surface area contributed by atoms with Gasteiger partial charge < -0.3 is 4.90 Å². The van der Waals surface area contributed by atoms with Crippen molar-refractivity contribution in [1.29, 1.82) is 10.5 Å². The zero-order valence-corrected chi connectivity index (χ0v) is 14.8. The van der Waals surface area contributed by atoms with E-state index in [1.54, 1.807) is 4.90 Å². The standard InChI is InChI=1S/C18H29N5O/c1-21-13-14-22(16-18(21)7-3-2-4-8-18)15-17(24)23(11-5-9-19)12-6-10-20/h2-8,11-16H2,1H3. The summed E-state index contributed by atoms with van der Waals surface area (Å²) < 4.78 is 0. The number of nitriles is 2. The second-order valence-electron chi connectivity index (χ2n) is 7.11. The third-order valence-corrected chi connectivity index (χ3v) is 5.56. The Kier molecular flexibility index (Phi) is 7.02. The van der Waals surface area contributed by atoms with Crippen LogP contribution in [-0.2, 0) is 4.79 Å². The van der Waals surface area contributed by atoms with Crippen molar-refractivity contribution < 1.29 is 4.79 Å². The highest BCUT2D eigenvalue weighted by molar-refractivity contribution is 5.78. The average molecular weight is 331 g/mol. The lowest BCUT2D eigenvalue weighted by molar-refractivity contribution is -0.134. The topological polar surface area (TPSA) is 74.4 Å². The van der Waals surface area contributed by atoms with Gasteiger partial charge in [0, 0.05) is 38.3 Å². The molecular weight excluding hydrogens is 302 g/mol. The fraction of sp³-hybridized carbons (Fsp3) is 0.833. The molecule has 1 heterocycles. The Labute approximate surface area is 145 Å². The fourth-order valence-electron chi connectivity index (χ4n) is 4.05. The number of rotatable bonds is 6. The summed E-state index contributed by atoms with van der Waals surface area (Å²) in [5.74, 6) is 0.0519. The van der Waals surface area contributed by atoms with Crippen LogP contribution in [0.1, 0.15) is 44.9 Å². The average Bonchev–Trinajstić information content (AvgIpc) is 2.59. The maximum absolute atomic E-state index is 12.6. The number of hydrogen-bond donors (Lipinski definition) is 0. The molecule has 2 fully saturated rings. The highest BCUT2D eigenvalue weighted by atomic mass is 16.2. The molecule has 132 valence electrons. The van der Waals surface area contributed by atoms with Crippen LogP contribution in [0.25, 0.3) is 0 Å². The van der Waals surface area contributed by atoms with E-state index in [0.29, 0.717) is 32.5 Å². The number of likely N-dealkylation sites (N-methyl/N-ethyl adjacent to an activating group) is 1. The zero-order chi connectivity index (χ0) is 17.4. The molecule has 0 N–H and O–H groups in total. The van der Waals surface area contributed by atoms with Crippen molar-refractivity contribution in [1.82, 2.24) is 14.7 Å². The fourth-order valence-corrected chi connectivity index (χ4v) is 4.05. The Bertz CT molecular complexity index is 483. The van der Waals surface area contributed by atoms with Crippen LogP contribution < -0.4 is 0 Å². The Morgan fingerprint density at radius 2 is 1.71 bits per heavy atom. The van der Waals surface area contributed by atoms with Gasteiger partial charge in [-0.05, 0) is 19.9 Å². The van der Waals surface area contributed by atoms with Crippen LogP contribution in [0.15, 0.2) is 0 Å². The van der Waals surface area contributed by atoms with E-state index in [-0.39, 0.29) is 11.4 Å². The molecule has 1 saturated heterocycles. The van der Waals surface area contributed by atoms with Crippen LogP contribution in [-0.4, -0.2) is 72.5 Å². The lowest BCUT2D eigenvalue weighted by Gasteiger charge is -2.51. The smallest absolute Gasteiger partial charge is 0.236 e. The van der Waals surface area contributed by atoms with Gasteiger partial charge in [-0.15, -0.1) is 0 Å². The second-order valence-corrected chi connectivity index (χ2v) is 7.11. The van der Waals surface area contributed by atoms with Crippen LogP contribution in [0.5, 0.6) is 0 Å². The number of piperazine rings is 1. The maximum atomic E-state index is 12.6. The van der Waals surface area contributed by atoms with Crippen molar-refractivity contribution in [2.75, 3.05) is 46.3 Å². The van der Waals surface area contributed by atoms with E-state index >= 15 is 0 Å². The van der Waals surface area contributed by atoms with Crippen molar-refractivity contribution in [2.45, 2.75) is 50.5 Å². The molecule has 1 spiro atoms. The van der Waals surface area contributed by atoms with Crippen LogP contribution in [0, 0.1) is 22.7 Å². The van der Waals surface area contributed by atoms with Gasteiger partial charge in [0.25, 0.3) is 0 Å². The minimum atomic E-state index is 0.0519. The maximum Gasteiger partial charge on any atom is 0.236 e. The quantitative estimate of drug-likeness (QED) is 0.739. The van der Waals surface area contributed by atoms with Crippen LogP contribution >= 0.6 is 0 Å². The Morgan fingerprint density at radius 3 is 2.29 bits per heavy atom. The number of carbonyl (C=O) groups excluding carboxylic acids is 1. The van der Waals surface area contributed by atoms with Gasteiger partial charge >= 0.3 is 0 Å². The molecule has 6 nitrogen and oxygen atoms in total. The molecular formula is C18H29N5O. The van der Waals surface area contributed by atoms with Gasteiger partial charge in [-0.25, -0.2) is 0 Å². The second kappa shape index (κ2) is 9.01. The number of nitrogens with zero attached hydrogens (tertiary/aromatic N) is 5. The number of carbonyl (C=O) groups is 1. The molecule has 0 atom stereocenters. The number of hydrogen-bond acceptors (Lipinski definition) is 5. The number of amides is 1. The van der Waals surface area contributed by atoms with Crippen LogP contribution in [0.2, 0.25) is 0 Å². The summed E-state index contributed by atoms with van der Waals surface area (Å²) in [6.07, 6.45) is 6.98. The van der Waals surface area contributed by atoms with Crippen molar-refractivity contribution in [2.24, 2.45) is 0 Å². The minimum absolute atomic E-state index is 0.0519. The van der Waals surface area contributed by atoms with Gasteiger partial charge in [-0.3, -0.25) is 14.6 Å². The van der Waals surface area contributed by atoms with Gasteiger partial charge in [0.1, 0.15) is 0 Å². The summed E-state index contributed by atoms with van der Waals surface area (Å²) in [6.45, 7) is 4.13. The summed E-state index contributed by atoms with van der Waals surface area (Å²) in [5, 5.41) is 17.5. The van der Waals surface area contributed by atoms with E-state index in [4.69, 9.17) is 10.5 Å². The predicted molar refractivity (Wildman–Crippen MR) is 91.9 cm³/mol. The summed E-state index contributed by atoms with van der Waals surface area (Å²) in [7, 11) is 2.22. The first kappa shape index (κ1) is 18.7. The van der Waals surface area contributed by atoms with Crippen molar-refractivity contribution in [3.8, 4) is 12.1 Å². The Hall–Kier alpha value is -1.63. The summed E-state index contributed by atoms with van der Waals surface area (Å²) in [6, 6.07) is 4.18. The molecule has 1 aliphatic carbocycles. The Morgan fingerprint density at radius 1 is 1.08 bits per heavy atom. The molecule has 1 amide bonds. The lowest BCUT2D eigenvalue weighted by Crippen LogP contribution is -2.62. The molecule has 2 rings (SSSR count). The summed E-state index contributed by atoms with van der Waals surface area (Å²) in [4.78, 5) is 19.1. The molecule has 0 aromatic carbocycles. The lowest BCUT2D eigenvalue weighted by atomic mass is 9.79. The van der Waals surface area contributed by atoms with Crippen LogP contribution in [0.3, 0.4) is 0 Å². The first-order chi connectivity index (χ1) is 11.6. The van der Waals surface area contributed by atoms with E-state index in [1.165, 1.54) is 32.1 Å². The van der Waals surface area contributed by atoms with E-state index in [9.17, 15) is 4.79 Å². The SMILES string of the molecule is CN1CCN(CC(=O)N(CCC#N)CCC#N)CC12CCCCC2. The summed E-state index contributed by atoms with van der Waals surface area (Å²) in [5.41, 5.74) is 0.237. The van der Waals surface area contributed by atoms with Gasteiger partial charge in [0.2, 0.25) is 5.91 Å². The molecule has 0 aromatic rings. The third kappa shape index (κ3) is 4.69. The monoisotopic (exact) mass is 331 g/mol.